The van der Waals surface area contributed by atoms with Crippen LogP contribution in [0.5, 0.6) is 0 Å². The van der Waals surface area contributed by atoms with Crippen LogP contribution in [0.4, 0.5) is 0 Å². The van der Waals surface area contributed by atoms with Crippen molar-refractivity contribution in [1.82, 2.24) is 10.3 Å². The second kappa shape index (κ2) is 6.15. The van der Waals surface area contributed by atoms with E-state index < -0.39 is 0 Å². The highest BCUT2D eigenvalue weighted by atomic mass is 14.9. The highest BCUT2D eigenvalue weighted by Gasteiger charge is 2.28. The molecular formula is C15H24N2. The topological polar surface area (TPSA) is 24.9 Å². The molecule has 94 valence electrons. The van der Waals surface area contributed by atoms with E-state index in [2.05, 4.69) is 36.3 Å². The Kier molecular flexibility index (Phi) is 4.55. The van der Waals surface area contributed by atoms with E-state index >= 15 is 0 Å². The molecule has 17 heavy (non-hydrogen) atoms. The van der Waals surface area contributed by atoms with Crippen LogP contribution in [0.15, 0.2) is 24.4 Å². The molecular weight excluding hydrogens is 208 g/mol. The lowest BCUT2D eigenvalue weighted by Gasteiger charge is -2.24. The van der Waals surface area contributed by atoms with Crippen LogP contribution in [0.3, 0.4) is 0 Å². The quantitative estimate of drug-likeness (QED) is 0.844. The number of hydrogen-bond donors (Lipinski definition) is 1. The van der Waals surface area contributed by atoms with Gasteiger partial charge in [0, 0.05) is 24.4 Å². The minimum absolute atomic E-state index is 0.611. The maximum atomic E-state index is 4.45. The molecule has 0 bridgehead atoms. The molecule has 2 rings (SSSR count). The Morgan fingerprint density at radius 2 is 2.29 bits per heavy atom. The largest absolute Gasteiger partial charge is 0.314 e. The number of hydrogen-bond acceptors (Lipinski definition) is 2. The summed E-state index contributed by atoms with van der Waals surface area (Å²) >= 11 is 0. The van der Waals surface area contributed by atoms with Crippen molar-refractivity contribution in [2.45, 2.75) is 45.6 Å². The molecule has 0 saturated heterocycles. The first-order valence-electron chi connectivity index (χ1n) is 6.93. The van der Waals surface area contributed by atoms with Crippen molar-refractivity contribution in [3.63, 3.8) is 0 Å². The highest BCUT2D eigenvalue weighted by Crippen LogP contribution is 2.33. The van der Waals surface area contributed by atoms with Gasteiger partial charge in [0.1, 0.15) is 0 Å². The minimum Gasteiger partial charge on any atom is -0.314 e. The molecule has 1 saturated carbocycles. The lowest BCUT2D eigenvalue weighted by Crippen LogP contribution is -2.37. The molecule has 0 amide bonds. The molecule has 1 aliphatic rings. The first-order chi connectivity index (χ1) is 8.29. The van der Waals surface area contributed by atoms with Gasteiger partial charge in [-0.2, -0.15) is 0 Å². The summed E-state index contributed by atoms with van der Waals surface area (Å²) in [5.41, 5.74) is 1.22. The van der Waals surface area contributed by atoms with Gasteiger partial charge in [0.2, 0.25) is 0 Å². The van der Waals surface area contributed by atoms with Crippen molar-refractivity contribution in [1.29, 1.82) is 0 Å². The van der Waals surface area contributed by atoms with Crippen LogP contribution >= 0.6 is 0 Å². The Bertz CT molecular complexity index is 323. The van der Waals surface area contributed by atoms with Gasteiger partial charge in [-0.25, -0.2) is 0 Å². The third kappa shape index (κ3) is 3.53. The Balaban J connectivity index is 1.97. The molecule has 1 aromatic rings. The van der Waals surface area contributed by atoms with Crippen LogP contribution in [0.1, 0.15) is 38.8 Å². The Morgan fingerprint density at radius 3 is 2.88 bits per heavy atom. The van der Waals surface area contributed by atoms with E-state index in [1.165, 1.54) is 25.0 Å². The number of likely N-dealkylation sites (N-methyl/N-ethyl adjacent to an activating group) is 1. The van der Waals surface area contributed by atoms with Crippen LogP contribution in [-0.4, -0.2) is 17.6 Å². The van der Waals surface area contributed by atoms with Gasteiger partial charge in [0.05, 0.1) is 0 Å². The zero-order valence-electron chi connectivity index (χ0n) is 11.0. The normalized spacial score (nSPS) is 26.0. The van der Waals surface area contributed by atoms with Gasteiger partial charge < -0.3 is 5.32 Å². The average molecular weight is 232 g/mol. The van der Waals surface area contributed by atoms with Gasteiger partial charge in [-0.3, -0.25) is 4.98 Å². The van der Waals surface area contributed by atoms with E-state index in [9.17, 15) is 0 Å². The molecule has 0 aliphatic heterocycles. The summed E-state index contributed by atoms with van der Waals surface area (Å²) < 4.78 is 0. The molecule has 1 N–H and O–H groups in total. The summed E-state index contributed by atoms with van der Waals surface area (Å²) in [5, 5.41) is 3.65. The fourth-order valence-corrected chi connectivity index (χ4v) is 3.03. The standard InChI is InChI=1S/C15H24N2/c1-3-16-15(13-8-7-12(2)10-13)11-14-6-4-5-9-17-14/h4-6,9,12-13,15-16H,3,7-8,10-11H2,1-2H3. The first kappa shape index (κ1) is 12.6. The van der Waals surface area contributed by atoms with Gasteiger partial charge in [-0.1, -0.05) is 26.3 Å². The Hall–Kier alpha value is -0.890. The third-order valence-electron chi connectivity index (χ3n) is 3.93. The van der Waals surface area contributed by atoms with Crippen LogP contribution in [-0.2, 0) is 6.42 Å². The summed E-state index contributed by atoms with van der Waals surface area (Å²) in [4.78, 5) is 4.45. The van der Waals surface area contributed by atoms with E-state index in [4.69, 9.17) is 0 Å². The molecule has 0 radical (unpaired) electrons. The lowest BCUT2D eigenvalue weighted by atomic mass is 9.93. The smallest absolute Gasteiger partial charge is 0.0419 e. The van der Waals surface area contributed by atoms with E-state index in [0.717, 1.165) is 24.8 Å². The van der Waals surface area contributed by atoms with Crippen molar-refractivity contribution < 1.29 is 0 Å². The number of rotatable bonds is 5. The zero-order chi connectivity index (χ0) is 12.1. The molecule has 1 aromatic heterocycles. The number of pyridine rings is 1. The zero-order valence-corrected chi connectivity index (χ0v) is 11.0. The summed E-state index contributed by atoms with van der Waals surface area (Å²) in [6.45, 7) is 5.63. The van der Waals surface area contributed by atoms with Crippen LogP contribution < -0.4 is 5.32 Å². The number of nitrogens with zero attached hydrogens (tertiary/aromatic N) is 1. The van der Waals surface area contributed by atoms with Gasteiger partial charge in [0.15, 0.2) is 0 Å². The van der Waals surface area contributed by atoms with Gasteiger partial charge in [-0.15, -0.1) is 0 Å². The molecule has 1 heterocycles. The molecule has 0 aromatic carbocycles. The minimum atomic E-state index is 0.611. The van der Waals surface area contributed by atoms with E-state index in [-0.39, 0.29) is 0 Å². The number of nitrogens with one attached hydrogen (secondary N) is 1. The van der Waals surface area contributed by atoms with Gasteiger partial charge >= 0.3 is 0 Å². The van der Waals surface area contributed by atoms with Crippen LogP contribution in [0.2, 0.25) is 0 Å². The summed E-state index contributed by atoms with van der Waals surface area (Å²) in [6.07, 6.45) is 7.13. The fraction of sp³-hybridized carbons (Fsp3) is 0.667. The molecule has 1 aliphatic carbocycles. The predicted molar refractivity (Wildman–Crippen MR) is 71.9 cm³/mol. The van der Waals surface area contributed by atoms with Crippen molar-refractivity contribution >= 4 is 0 Å². The average Bonchev–Trinajstić information content (AvgIpc) is 2.77. The monoisotopic (exact) mass is 232 g/mol. The summed E-state index contributed by atoms with van der Waals surface area (Å²) in [7, 11) is 0. The van der Waals surface area contributed by atoms with Crippen molar-refractivity contribution in [2.24, 2.45) is 11.8 Å². The van der Waals surface area contributed by atoms with E-state index in [0.29, 0.717) is 6.04 Å². The summed E-state index contributed by atoms with van der Waals surface area (Å²) in [5.74, 6) is 1.75. The fourth-order valence-electron chi connectivity index (χ4n) is 3.03. The SMILES string of the molecule is CCNC(Cc1ccccn1)C1CCC(C)C1. The van der Waals surface area contributed by atoms with Crippen molar-refractivity contribution in [3.05, 3.63) is 30.1 Å². The number of aromatic nitrogens is 1. The third-order valence-corrected chi connectivity index (χ3v) is 3.93. The van der Waals surface area contributed by atoms with E-state index in [1.54, 1.807) is 0 Å². The van der Waals surface area contributed by atoms with Gasteiger partial charge in [0.25, 0.3) is 0 Å². The van der Waals surface area contributed by atoms with Crippen molar-refractivity contribution in [3.8, 4) is 0 Å². The van der Waals surface area contributed by atoms with E-state index in [1.807, 2.05) is 12.3 Å². The van der Waals surface area contributed by atoms with Gasteiger partial charge in [-0.05, 0) is 43.4 Å². The Morgan fingerprint density at radius 1 is 1.41 bits per heavy atom. The van der Waals surface area contributed by atoms with Crippen molar-refractivity contribution in [2.75, 3.05) is 6.54 Å². The lowest BCUT2D eigenvalue weighted by molar-refractivity contribution is 0.352. The molecule has 0 spiro atoms. The molecule has 2 heteroatoms. The molecule has 3 unspecified atom stereocenters. The summed E-state index contributed by atoms with van der Waals surface area (Å²) in [6, 6.07) is 6.83. The molecule has 2 nitrogen and oxygen atoms in total. The maximum absolute atomic E-state index is 4.45. The molecule has 1 fully saturated rings. The molecule has 3 atom stereocenters. The Labute approximate surface area is 105 Å². The van der Waals surface area contributed by atoms with Crippen LogP contribution in [0.25, 0.3) is 0 Å². The second-order valence-corrected chi connectivity index (χ2v) is 5.37. The predicted octanol–water partition coefficient (Wildman–Crippen LogP) is 3.04. The maximum Gasteiger partial charge on any atom is 0.0419 e. The highest BCUT2D eigenvalue weighted by molar-refractivity contribution is 5.06. The second-order valence-electron chi connectivity index (χ2n) is 5.37. The van der Waals surface area contributed by atoms with Crippen LogP contribution in [0, 0.1) is 11.8 Å². The first-order valence-corrected chi connectivity index (χ1v) is 6.93.